The molecule has 9 aromatic carbocycles. The van der Waals surface area contributed by atoms with Gasteiger partial charge in [-0.15, -0.1) is 0 Å². The largest absolute Gasteiger partial charge is 0.453 e. The Kier molecular flexibility index (Phi) is 7.20. The molecule has 0 saturated carbocycles. The fourth-order valence-corrected chi connectivity index (χ4v) is 8.89. The Balaban J connectivity index is 1.11. The zero-order valence-corrected chi connectivity index (χ0v) is 31.3. The molecule has 3 aromatic heterocycles. The van der Waals surface area contributed by atoms with E-state index in [9.17, 15) is 0 Å². The first-order chi connectivity index (χ1) is 28.8. The molecule has 0 N–H and O–H groups in total. The van der Waals surface area contributed by atoms with Gasteiger partial charge in [-0.25, -0.2) is 9.97 Å². The maximum atomic E-state index is 7.20. The maximum absolute atomic E-state index is 7.20. The third-order valence-electron chi connectivity index (χ3n) is 11.6. The topological polar surface area (TPSA) is 43.9 Å². The van der Waals surface area contributed by atoms with E-state index >= 15 is 0 Å². The van der Waals surface area contributed by atoms with Gasteiger partial charge in [0.1, 0.15) is 5.58 Å². The summed E-state index contributed by atoms with van der Waals surface area (Å²) in [5.41, 5.74) is 11.8. The van der Waals surface area contributed by atoms with Crippen molar-refractivity contribution in [2.45, 2.75) is 0 Å². The Bertz CT molecular complexity index is 3550. The van der Waals surface area contributed by atoms with Gasteiger partial charge in [0.15, 0.2) is 11.4 Å². The molecule has 0 unspecified atom stereocenters. The van der Waals surface area contributed by atoms with Crippen molar-refractivity contribution in [1.29, 1.82) is 0 Å². The molecule has 4 nitrogen and oxygen atoms in total. The first kappa shape index (κ1) is 32.4. The number of nitrogens with zero attached hydrogens (tertiary/aromatic N) is 3. The monoisotopic (exact) mass is 739 g/mol. The van der Waals surface area contributed by atoms with Gasteiger partial charge in [-0.2, -0.15) is 0 Å². The molecule has 0 spiro atoms. The highest BCUT2D eigenvalue weighted by Gasteiger charge is 2.23. The molecule has 0 saturated heterocycles. The van der Waals surface area contributed by atoms with Crippen LogP contribution in [0.25, 0.3) is 116 Å². The van der Waals surface area contributed by atoms with Crippen LogP contribution in [-0.2, 0) is 0 Å². The second-order valence-corrected chi connectivity index (χ2v) is 14.9. The van der Waals surface area contributed by atoms with E-state index in [2.05, 4.69) is 193 Å². The number of para-hydroxylation sites is 2. The van der Waals surface area contributed by atoms with Crippen molar-refractivity contribution < 1.29 is 4.42 Å². The molecular formula is C54H33N3O. The highest BCUT2D eigenvalue weighted by Crippen LogP contribution is 2.44. The minimum absolute atomic E-state index is 0.616. The van der Waals surface area contributed by atoms with Crippen LogP contribution in [-0.4, -0.2) is 14.5 Å². The molecule has 270 valence electrons. The van der Waals surface area contributed by atoms with E-state index in [4.69, 9.17) is 14.4 Å². The molecule has 12 rings (SSSR count). The van der Waals surface area contributed by atoms with Crippen LogP contribution in [0.3, 0.4) is 0 Å². The second kappa shape index (κ2) is 12.9. The van der Waals surface area contributed by atoms with Gasteiger partial charge in [0.2, 0.25) is 0 Å². The van der Waals surface area contributed by atoms with E-state index in [-0.39, 0.29) is 0 Å². The number of hydrogen-bond acceptors (Lipinski definition) is 3. The van der Waals surface area contributed by atoms with E-state index in [0.29, 0.717) is 5.82 Å². The van der Waals surface area contributed by atoms with E-state index in [1.54, 1.807) is 0 Å². The number of benzene rings is 9. The molecule has 0 radical (unpaired) electrons. The van der Waals surface area contributed by atoms with E-state index in [1.807, 2.05) is 12.1 Å². The molecule has 12 aromatic rings. The summed E-state index contributed by atoms with van der Waals surface area (Å²) in [7, 11) is 0. The first-order valence-electron chi connectivity index (χ1n) is 19.7. The summed E-state index contributed by atoms with van der Waals surface area (Å²) in [5, 5.41) is 9.25. The fraction of sp³-hybridized carbons (Fsp3) is 0. The highest BCUT2D eigenvalue weighted by molar-refractivity contribution is 6.23. The van der Waals surface area contributed by atoms with Gasteiger partial charge in [-0.3, -0.25) is 0 Å². The number of furan rings is 1. The summed E-state index contributed by atoms with van der Waals surface area (Å²) < 4.78 is 9.61. The third kappa shape index (κ3) is 5.02. The van der Waals surface area contributed by atoms with Crippen molar-refractivity contribution in [3.63, 3.8) is 0 Å². The normalized spacial score (nSPS) is 11.8. The molecule has 0 aliphatic rings. The Morgan fingerprint density at radius 1 is 0.362 bits per heavy atom. The molecule has 0 amide bonds. The lowest BCUT2D eigenvalue weighted by atomic mass is 10.00. The standard InChI is InChI=1S/C54H33N3O/c1-3-14-34(15-4-1)35-26-28-37(29-27-35)48-33-47(36-16-5-2-6-17-36)55-54(56-48)46-24-13-23-44-45-31-30-43-42-22-11-12-25-49(42)57(51(43)53(45)58-52(44)46)50-32-38-18-7-8-19-39(38)40-20-9-10-21-41(40)50/h1-33H. The summed E-state index contributed by atoms with van der Waals surface area (Å²) in [5.74, 6) is 0.616. The Labute approximate surface area is 333 Å². The molecule has 4 heteroatoms. The Morgan fingerprint density at radius 3 is 1.69 bits per heavy atom. The lowest BCUT2D eigenvalue weighted by Gasteiger charge is -2.14. The quantitative estimate of drug-likeness (QED) is 0.165. The predicted molar refractivity (Wildman–Crippen MR) is 240 cm³/mol. The van der Waals surface area contributed by atoms with Gasteiger partial charge in [0.05, 0.1) is 33.7 Å². The van der Waals surface area contributed by atoms with Gasteiger partial charge in [0, 0.05) is 38.1 Å². The van der Waals surface area contributed by atoms with E-state index in [0.717, 1.165) is 77.7 Å². The number of rotatable bonds is 5. The van der Waals surface area contributed by atoms with Crippen LogP contribution in [0.4, 0.5) is 0 Å². The average molecular weight is 740 g/mol. The van der Waals surface area contributed by atoms with Crippen molar-refractivity contribution in [3.05, 3.63) is 200 Å². The van der Waals surface area contributed by atoms with Gasteiger partial charge >= 0.3 is 0 Å². The molecule has 0 atom stereocenters. The summed E-state index contributed by atoms with van der Waals surface area (Å²) >= 11 is 0. The number of aromatic nitrogens is 3. The molecule has 0 aliphatic carbocycles. The predicted octanol–water partition coefficient (Wildman–Crippen LogP) is 14.4. The van der Waals surface area contributed by atoms with Crippen LogP contribution in [0.2, 0.25) is 0 Å². The summed E-state index contributed by atoms with van der Waals surface area (Å²) in [4.78, 5) is 10.5. The molecule has 58 heavy (non-hydrogen) atoms. The number of fused-ring (bicyclic) bond motifs is 10. The second-order valence-electron chi connectivity index (χ2n) is 14.9. The van der Waals surface area contributed by atoms with Crippen LogP contribution in [0.1, 0.15) is 0 Å². The Hall–Kier alpha value is -7.82. The summed E-state index contributed by atoms with van der Waals surface area (Å²) in [6, 6.07) is 70.7. The minimum Gasteiger partial charge on any atom is -0.453 e. The van der Waals surface area contributed by atoms with Crippen LogP contribution in [0.5, 0.6) is 0 Å². The molecule has 3 heterocycles. The SMILES string of the molecule is c1ccc(-c2ccc(-c3cc(-c4ccccc4)nc(-c4cccc5c4oc4c5ccc5c6ccccc6n(-c6cc7ccccc7c7ccccc67)c54)n3)cc2)cc1. The molecule has 0 aliphatic heterocycles. The minimum atomic E-state index is 0.616. The van der Waals surface area contributed by atoms with Gasteiger partial charge in [-0.1, -0.05) is 170 Å². The summed E-state index contributed by atoms with van der Waals surface area (Å²) in [6.07, 6.45) is 0. The smallest absolute Gasteiger partial charge is 0.164 e. The third-order valence-corrected chi connectivity index (χ3v) is 11.6. The van der Waals surface area contributed by atoms with E-state index in [1.165, 1.54) is 32.5 Å². The maximum Gasteiger partial charge on any atom is 0.164 e. The van der Waals surface area contributed by atoms with Crippen molar-refractivity contribution in [2.24, 2.45) is 0 Å². The zero-order valence-electron chi connectivity index (χ0n) is 31.3. The highest BCUT2D eigenvalue weighted by atomic mass is 16.3. The van der Waals surface area contributed by atoms with Gasteiger partial charge in [-0.05, 0) is 57.6 Å². The van der Waals surface area contributed by atoms with Crippen LogP contribution in [0.15, 0.2) is 205 Å². The Morgan fingerprint density at radius 2 is 0.914 bits per heavy atom. The fourth-order valence-electron chi connectivity index (χ4n) is 8.89. The van der Waals surface area contributed by atoms with E-state index < -0.39 is 0 Å². The van der Waals surface area contributed by atoms with Crippen LogP contribution < -0.4 is 0 Å². The van der Waals surface area contributed by atoms with Gasteiger partial charge in [0.25, 0.3) is 0 Å². The van der Waals surface area contributed by atoms with Crippen molar-refractivity contribution >= 4 is 65.3 Å². The summed E-state index contributed by atoms with van der Waals surface area (Å²) in [6.45, 7) is 0. The molecule has 0 bridgehead atoms. The number of hydrogen-bond donors (Lipinski definition) is 0. The zero-order chi connectivity index (χ0) is 38.2. The molecular weight excluding hydrogens is 707 g/mol. The lowest BCUT2D eigenvalue weighted by Crippen LogP contribution is -1.96. The van der Waals surface area contributed by atoms with Crippen molar-refractivity contribution in [3.8, 4) is 50.7 Å². The van der Waals surface area contributed by atoms with Crippen molar-refractivity contribution in [2.75, 3.05) is 0 Å². The van der Waals surface area contributed by atoms with Crippen LogP contribution in [0, 0.1) is 0 Å². The average Bonchev–Trinajstić information content (AvgIpc) is 3.85. The van der Waals surface area contributed by atoms with Gasteiger partial charge < -0.3 is 8.98 Å². The lowest BCUT2D eigenvalue weighted by molar-refractivity contribution is 0.671. The van der Waals surface area contributed by atoms with Crippen molar-refractivity contribution in [1.82, 2.24) is 14.5 Å². The van der Waals surface area contributed by atoms with Crippen LogP contribution >= 0.6 is 0 Å². The molecule has 0 fully saturated rings. The first-order valence-corrected chi connectivity index (χ1v) is 19.7.